The van der Waals surface area contributed by atoms with Crippen molar-refractivity contribution in [2.24, 2.45) is 0 Å². The van der Waals surface area contributed by atoms with Crippen molar-refractivity contribution in [3.63, 3.8) is 0 Å². The molecule has 1 saturated carbocycles. The van der Waals surface area contributed by atoms with Gasteiger partial charge >= 0.3 is 0 Å². The van der Waals surface area contributed by atoms with Crippen LogP contribution in [-0.2, 0) is 6.54 Å². The minimum atomic E-state index is -0.437. The molecular weight excluding hydrogens is 278 g/mol. The zero-order chi connectivity index (χ0) is 15.5. The molecule has 0 unspecified atom stereocenters. The molecule has 0 saturated heterocycles. The summed E-state index contributed by atoms with van der Waals surface area (Å²) in [6.45, 7) is 0.493. The Balaban J connectivity index is 1.78. The molecule has 0 spiro atoms. The van der Waals surface area contributed by atoms with Gasteiger partial charge in [0.1, 0.15) is 5.69 Å². The van der Waals surface area contributed by atoms with Crippen LogP contribution in [0, 0.1) is 11.3 Å². The van der Waals surface area contributed by atoms with E-state index in [-0.39, 0.29) is 0 Å². The Bertz CT molecular complexity index is 760. The molecule has 0 radical (unpaired) electrons. The quantitative estimate of drug-likeness (QED) is 0.670. The van der Waals surface area contributed by atoms with Gasteiger partial charge in [0, 0.05) is 12.1 Å². The van der Waals surface area contributed by atoms with Crippen molar-refractivity contribution >= 4 is 5.69 Å². The maximum absolute atomic E-state index is 11.7. The van der Waals surface area contributed by atoms with Crippen LogP contribution < -0.4 is 21.3 Å². The fourth-order valence-electron chi connectivity index (χ4n) is 2.85. The van der Waals surface area contributed by atoms with E-state index in [4.69, 9.17) is 5.26 Å². The van der Waals surface area contributed by atoms with Gasteiger partial charge in [-0.1, -0.05) is 25.0 Å². The van der Waals surface area contributed by atoms with Gasteiger partial charge in [-0.3, -0.25) is 14.6 Å². The molecule has 0 atom stereocenters. The van der Waals surface area contributed by atoms with Crippen molar-refractivity contribution in [3.8, 4) is 6.07 Å². The number of hydrazine groups is 1. The number of benzene rings is 1. The first-order valence-electron chi connectivity index (χ1n) is 7.50. The van der Waals surface area contributed by atoms with Crippen LogP contribution in [0.3, 0.4) is 0 Å². The van der Waals surface area contributed by atoms with E-state index in [1.807, 2.05) is 12.1 Å². The molecule has 5 heteroatoms. The van der Waals surface area contributed by atoms with Gasteiger partial charge in [-0.15, -0.1) is 0 Å². The Morgan fingerprint density at radius 1 is 1.18 bits per heavy atom. The largest absolute Gasteiger partial charge is 0.300 e. The lowest BCUT2D eigenvalue weighted by molar-refractivity contribution is 0.491. The van der Waals surface area contributed by atoms with Gasteiger partial charge in [-0.25, -0.2) is 5.43 Å². The van der Waals surface area contributed by atoms with Crippen molar-refractivity contribution in [2.75, 3.05) is 5.01 Å². The lowest BCUT2D eigenvalue weighted by atomic mass is 10.1. The molecule has 1 aliphatic carbocycles. The van der Waals surface area contributed by atoms with Crippen LogP contribution in [0.15, 0.2) is 39.9 Å². The second kappa shape index (κ2) is 6.12. The lowest BCUT2D eigenvalue weighted by Crippen LogP contribution is -2.49. The highest BCUT2D eigenvalue weighted by Gasteiger charge is 2.22. The molecule has 2 aromatic rings. The third-order valence-corrected chi connectivity index (χ3v) is 4.13. The first kappa shape index (κ1) is 14.5. The SMILES string of the molecule is N#Cc1ccc(CN(NC2CCCC2)c2cc(=O)c2=O)cc1. The van der Waals surface area contributed by atoms with Crippen LogP contribution in [0.5, 0.6) is 0 Å². The number of nitriles is 1. The topological polar surface area (TPSA) is 73.2 Å². The average Bonchev–Trinajstić information content (AvgIpc) is 3.05. The van der Waals surface area contributed by atoms with Crippen molar-refractivity contribution in [1.82, 2.24) is 5.43 Å². The summed E-state index contributed by atoms with van der Waals surface area (Å²) in [5, 5.41) is 10.6. The molecule has 1 N–H and O–H groups in total. The van der Waals surface area contributed by atoms with Crippen molar-refractivity contribution in [2.45, 2.75) is 38.3 Å². The van der Waals surface area contributed by atoms with Gasteiger partial charge in [0.05, 0.1) is 18.2 Å². The molecule has 0 bridgehead atoms. The monoisotopic (exact) mass is 295 g/mol. The Morgan fingerprint density at radius 2 is 1.86 bits per heavy atom. The minimum Gasteiger partial charge on any atom is -0.300 e. The maximum atomic E-state index is 11.7. The zero-order valence-electron chi connectivity index (χ0n) is 12.2. The van der Waals surface area contributed by atoms with Crippen molar-refractivity contribution in [3.05, 3.63) is 61.9 Å². The van der Waals surface area contributed by atoms with E-state index < -0.39 is 10.9 Å². The molecule has 2 aromatic carbocycles. The van der Waals surface area contributed by atoms with E-state index in [1.165, 1.54) is 18.9 Å². The molecule has 1 fully saturated rings. The molecule has 112 valence electrons. The van der Waals surface area contributed by atoms with Gasteiger partial charge in [0.2, 0.25) is 10.9 Å². The molecule has 1 aliphatic rings. The summed E-state index contributed by atoms with van der Waals surface area (Å²) >= 11 is 0. The van der Waals surface area contributed by atoms with Crippen LogP contribution in [0.25, 0.3) is 0 Å². The molecule has 0 aliphatic heterocycles. The fourth-order valence-corrected chi connectivity index (χ4v) is 2.85. The lowest BCUT2D eigenvalue weighted by Gasteiger charge is -2.29. The van der Waals surface area contributed by atoms with Crippen LogP contribution >= 0.6 is 0 Å². The summed E-state index contributed by atoms with van der Waals surface area (Å²) in [4.78, 5) is 22.9. The zero-order valence-corrected chi connectivity index (χ0v) is 12.2. The molecule has 22 heavy (non-hydrogen) atoms. The van der Waals surface area contributed by atoms with Crippen molar-refractivity contribution in [1.29, 1.82) is 5.26 Å². The predicted octanol–water partition coefficient (Wildman–Crippen LogP) is 1.61. The second-order valence-electron chi connectivity index (χ2n) is 5.73. The maximum Gasteiger partial charge on any atom is 0.250 e. The molecule has 0 heterocycles. The van der Waals surface area contributed by atoms with Gasteiger partial charge in [-0.05, 0) is 30.5 Å². The summed E-state index contributed by atoms with van der Waals surface area (Å²) in [5.74, 6) is 0. The Morgan fingerprint density at radius 3 is 2.41 bits per heavy atom. The van der Waals surface area contributed by atoms with E-state index in [0.29, 0.717) is 23.8 Å². The Hall–Kier alpha value is -2.45. The van der Waals surface area contributed by atoms with E-state index in [0.717, 1.165) is 18.4 Å². The summed E-state index contributed by atoms with van der Waals surface area (Å²) in [6.07, 6.45) is 4.54. The van der Waals surface area contributed by atoms with Crippen LogP contribution in [0.4, 0.5) is 5.69 Å². The number of rotatable bonds is 5. The van der Waals surface area contributed by atoms with E-state index in [9.17, 15) is 9.59 Å². The van der Waals surface area contributed by atoms with Gasteiger partial charge in [0.15, 0.2) is 0 Å². The minimum absolute atomic E-state index is 0.350. The highest BCUT2D eigenvalue weighted by atomic mass is 16.2. The molecule has 3 rings (SSSR count). The van der Waals surface area contributed by atoms with E-state index in [2.05, 4.69) is 11.5 Å². The average molecular weight is 295 g/mol. The third-order valence-electron chi connectivity index (χ3n) is 4.13. The van der Waals surface area contributed by atoms with Gasteiger partial charge in [-0.2, -0.15) is 5.26 Å². The summed E-state index contributed by atoms with van der Waals surface area (Å²) in [5.41, 5.74) is 4.52. The first-order chi connectivity index (χ1) is 10.7. The van der Waals surface area contributed by atoms with Crippen LogP contribution in [-0.4, -0.2) is 6.04 Å². The highest BCUT2D eigenvalue weighted by Crippen LogP contribution is 2.20. The normalized spacial score (nSPS) is 15.0. The van der Waals surface area contributed by atoms with E-state index in [1.54, 1.807) is 17.1 Å². The third kappa shape index (κ3) is 2.92. The number of anilines is 1. The Kier molecular flexibility index (Phi) is 4.03. The standard InChI is InChI=1S/C17H17N3O2/c18-10-12-5-7-13(8-6-12)11-20(15-9-16(21)17(15)22)19-14-3-1-2-4-14/h5-9,14,19H,1-4,11H2. The smallest absolute Gasteiger partial charge is 0.250 e. The summed E-state index contributed by atoms with van der Waals surface area (Å²) < 4.78 is 0. The molecule has 5 nitrogen and oxygen atoms in total. The second-order valence-corrected chi connectivity index (χ2v) is 5.73. The first-order valence-corrected chi connectivity index (χ1v) is 7.50. The summed E-state index contributed by atoms with van der Waals surface area (Å²) in [7, 11) is 0. The molecule has 0 aromatic heterocycles. The van der Waals surface area contributed by atoms with Gasteiger partial charge < -0.3 is 0 Å². The van der Waals surface area contributed by atoms with Gasteiger partial charge in [0.25, 0.3) is 0 Å². The fraction of sp³-hybridized carbons (Fsp3) is 0.353. The summed E-state index contributed by atoms with van der Waals surface area (Å²) in [6, 6.07) is 11.1. The molecule has 0 amide bonds. The number of hydrogen-bond donors (Lipinski definition) is 1. The number of nitrogens with zero attached hydrogens (tertiary/aromatic N) is 2. The van der Waals surface area contributed by atoms with Crippen LogP contribution in [0.1, 0.15) is 36.8 Å². The Labute approximate surface area is 128 Å². The predicted molar refractivity (Wildman–Crippen MR) is 84.1 cm³/mol. The van der Waals surface area contributed by atoms with Crippen molar-refractivity contribution < 1.29 is 0 Å². The highest BCUT2D eigenvalue weighted by molar-refractivity contribution is 5.50. The number of hydrogen-bond acceptors (Lipinski definition) is 5. The van der Waals surface area contributed by atoms with E-state index >= 15 is 0 Å². The van der Waals surface area contributed by atoms with Crippen LogP contribution in [0.2, 0.25) is 0 Å². The molecular formula is C17H17N3O2. The number of nitrogens with one attached hydrogen (secondary N) is 1.